The van der Waals surface area contributed by atoms with Crippen LogP contribution < -0.4 is 10.1 Å². The van der Waals surface area contributed by atoms with E-state index in [1.165, 1.54) is 0 Å². The summed E-state index contributed by atoms with van der Waals surface area (Å²) in [6.07, 6.45) is 1.38. The van der Waals surface area contributed by atoms with E-state index in [0.717, 1.165) is 23.4 Å². The fourth-order valence-corrected chi connectivity index (χ4v) is 1.73. The monoisotopic (exact) mass is 235 g/mol. The number of hydrogen-bond acceptors (Lipinski definition) is 2. The van der Waals surface area contributed by atoms with E-state index in [2.05, 4.69) is 19.2 Å². The highest BCUT2D eigenvalue weighted by Crippen LogP contribution is 2.29. The molecule has 1 aromatic rings. The van der Waals surface area contributed by atoms with E-state index in [4.69, 9.17) is 4.74 Å². The van der Waals surface area contributed by atoms with Gasteiger partial charge in [0.25, 0.3) is 0 Å². The fourth-order valence-electron chi connectivity index (χ4n) is 1.73. The summed E-state index contributed by atoms with van der Waals surface area (Å²) in [6.45, 7) is 6.15. The molecule has 0 unspecified atom stereocenters. The highest BCUT2D eigenvalue weighted by molar-refractivity contribution is 5.91. The Morgan fingerprint density at radius 3 is 2.65 bits per heavy atom. The molecular weight excluding hydrogens is 214 g/mol. The minimum absolute atomic E-state index is 0.0308. The van der Waals surface area contributed by atoms with Crippen LogP contribution in [0.15, 0.2) is 18.2 Å². The summed E-state index contributed by atoms with van der Waals surface area (Å²) in [7, 11) is 1.66. The minimum atomic E-state index is 0.0308. The molecule has 17 heavy (non-hydrogen) atoms. The van der Waals surface area contributed by atoms with Gasteiger partial charge in [0.2, 0.25) is 5.91 Å². The molecule has 0 aliphatic rings. The number of benzene rings is 1. The average molecular weight is 235 g/mol. The van der Waals surface area contributed by atoms with E-state index in [1.54, 1.807) is 7.11 Å². The zero-order chi connectivity index (χ0) is 12.8. The highest BCUT2D eigenvalue weighted by atomic mass is 16.5. The molecule has 0 saturated heterocycles. The van der Waals surface area contributed by atoms with Gasteiger partial charge in [-0.2, -0.15) is 0 Å². The molecular formula is C14H21NO2. The first-order valence-corrected chi connectivity index (χ1v) is 6.04. The van der Waals surface area contributed by atoms with Crippen molar-refractivity contribution in [2.75, 3.05) is 12.4 Å². The van der Waals surface area contributed by atoms with E-state index < -0.39 is 0 Å². The largest absolute Gasteiger partial charge is 0.496 e. The predicted molar refractivity (Wildman–Crippen MR) is 70.5 cm³/mol. The van der Waals surface area contributed by atoms with E-state index in [9.17, 15) is 4.79 Å². The van der Waals surface area contributed by atoms with Crippen LogP contribution in [-0.4, -0.2) is 13.0 Å². The Kier molecular flexibility index (Phi) is 5.01. The molecule has 1 rings (SSSR count). The van der Waals surface area contributed by atoms with E-state index in [1.807, 2.05) is 25.1 Å². The number of rotatable bonds is 5. The van der Waals surface area contributed by atoms with E-state index >= 15 is 0 Å². The predicted octanol–water partition coefficient (Wildman–Crippen LogP) is 3.24. The van der Waals surface area contributed by atoms with Crippen molar-refractivity contribution in [2.24, 2.45) is 5.92 Å². The standard InChI is InChI=1S/C14H21NO2/c1-5-14(16)15-12-7-6-8-13(17-4)11(12)9-10(2)3/h6-8,10H,5,9H2,1-4H3,(H,15,16). The van der Waals surface area contributed by atoms with E-state index in [-0.39, 0.29) is 5.91 Å². The first kappa shape index (κ1) is 13.6. The molecule has 0 atom stereocenters. The van der Waals surface area contributed by atoms with Crippen LogP contribution in [0.1, 0.15) is 32.8 Å². The van der Waals surface area contributed by atoms with Gasteiger partial charge in [0.1, 0.15) is 5.75 Å². The number of methoxy groups -OCH3 is 1. The molecule has 0 aliphatic heterocycles. The van der Waals surface area contributed by atoms with Crippen molar-refractivity contribution in [3.63, 3.8) is 0 Å². The van der Waals surface area contributed by atoms with Crippen LogP contribution in [0, 0.1) is 5.92 Å². The molecule has 0 radical (unpaired) electrons. The molecule has 0 saturated carbocycles. The SMILES string of the molecule is CCC(=O)Nc1cccc(OC)c1CC(C)C. The molecule has 0 fully saturated rings. The maximum Gasteiger partial charge on any atom is 0.224 e. The van der Waals surface area contributed by atoms with Gasteiger partial charge in [0, 0.05) is 17.7 Å². The summed E-state index contributed by atoms with van der Waals surface area (Å²) in [5.74, 6) is 1.39. The van der Waals surface area contributed by atoms with Crippen LogP contribution in [0.4, 0.5) is 5.69 Å². The Hall–Kier alpha value is -1.51. The second-order valence-corrected chi connectivity index (χ2v) is 4.49. The maximum absolute atomic E-state index is 11.5. The van der Waals surface area contributed by atoms with Crippen molar-refractivity contribution in [3.05, 3.63) is 23.8 Å². The lowest BCUT2D eigenvalue weighted by Crippen LogP contribution is -2.12. The summed E-state index contributed by atoms with van der Waals surface area (Å²) in [6, 6.07) is 5.75. The summed E-state index contributed by atoms with van der Waals surface area (Å²) in [4.78, 5) is 11.5. The van der Waals surface area contributed by atoms with Gasteiger partial charge in [0.15, 0.2) is 0 Å². The molecule has 0 aromatic heterocycles. The molecule has 1 aromatic carbocycles. The second kappa shape index (κ2) is 6.28. The van der Waals surface area contributed by atoms with Crippen molar-refractivity contribution >= 4 is 11.6 Å². The molecule has 0 aliphatic carbocycles. The number of carbonyl (C=O) groups excluding carboxylic acids is 1. The van der Waals surface area contributed by atoms with Crippen molar-refractivity contribution in [2.45, 2.75) is 33.6 Å². The Morgan fingerprint density at radius 2 is 2.12 bits per heavy atom. The first-order chi connectivity index (χ1) is 8.08. The first-order valence-electron chi connectivity index (χ1n) is 6.04. The quantitative estimate of drug-likeness (QED) is 0.850. The molecule has 0 spiro atoms. The third kappa shape index (κ3) is 3.77. The lowest BCUT2D eigenvalue weighted by atomic mass is 10.00. The number of ether oxygens (including phenoxy) is 1. The molecule has 0 heterocycles. The Morgan fingerprint density at radius 1 is 1.41 bits per heavy atom. The van der Waals surface area contributed by atoms with Crippen molar-refractivity contribution in [1.29, 1.82) is 0 Å². The summed E-state index contributed by atoms with van der Waals surface area (Å²) < 4.78 is 5.35. The fraction of sp³-hybridized carbons (Fsp3) is 0.500. The smallest absolute Gasteiger partial charge is 0.224 e. The highest BCUT2D eigenvalue weighted by Gasteiger charge is 2.12. The average Bonchev–Trinajstić information content (AvgIpc) is 2.30. The number of carbonyl (C=O) groups is 1. The summed E-state index contributed by atoms with van der Waals surface area (Å²) >= 11 is 0. The van der Waals surface area contributed by atoms with Crippen LogP contribution in [0.5, 0.6) is 5.75 Å². The topological polar surface area (TPSA) is 38.3 Å². The molecule has 1 amide bonds. The lowest BCUT2D eigenvalue weighted by Gasteiger charge is -2.16. The number of nitrogens with one attached hydrogen (secondary N) is 1. The summed E-state index contributed by atoms with van der Waals surface area (Å²) in [5, 5.41) is 2.92. The molecule has 3 heteroatoms. The molecule has 1 N–H and O–H groups in total. The third-order valence-corrected chi connectivity index (χ3v) is 2.56. The maximum atomic E-state index is 11.5. The third-order valence-electron chi connectivity index (χ3n) is 2.56. The van der Waals surface area contributed by atoms with E-state index in [0.29, 0.717) is 12.3 Å². The number of anilines is 1. The zero-order valence-corrected chi connectivity index (χ0v) is 11.0. The lowest BCUT2D eigenvalue weighted by molar-refractivity contribution is -0.115. The Balaban J connectivity index is 3.05. The van der Waals surface area contributed by atoms with Gasteiger partial charge in [-0.25, -0.2) is 0 Å². The van der Waals surface area contributed by atoms with Gasteiger partial charge >= 0.3 is 0 Å². The van der Waals surface area contributed by atoms with Crippen molar-refractivity contribution in [1.82, 2.24) is 0 Å². The molecule has 0 bridgehead atoms. The van der Waals surface area contributed by atoms with Crippen LogP contribution in [0.2, 0.25) is 0 Å². The van der Waals surface area contributed by atoms with Gasteiger partial charge in [-0.1, -0.05) is 26.8 Å². The Labute approximate surface area is 103 Å². The molecule has 94 valence electrons. The van der Waals surface area contributed by atoms with Gasteiger partial charge in [0.05, 0.1) is 7.11 Å². The number of hydrogen-bond donors (Lipinski definition) is 1. The van der Waals surface area contributed by atoms with Crippen molar-refractivity contribution < 1.29 is 9.53 Å². The van der Waals surface area contributed by atoms with Gasteiger partial charge in [-0.05, 0) is 24.5 Å². The minimum Gasteiger partial charge on any atom is -0.496 e. The summed E-state index contributed by atoms with van der Waals surface area (Å²) in [5.41, 5.74) is 1.94. The van der Waals surface area contributed by atoms with Crippen LogP contribution in [0.25, 0.3) is 0 Å². The van der Waals surface area contributed by atoms with Crippen LogP contribution in [-0.2, 0) is 11.2 Å². The second-order valence-electron chi connectivity index (χ2n) is 4.49. The van der Waals surface area contributed by atoms with Gasteiger partial charge in [-0.3, -0.25) is 4.79 Å². The number of amides is 1. The Bertz CT molecular complexity index is 386. The van der Waals surface area contributed by atoms with Gasteiger partial charge < -0.3 is 10.1 Å². The molecule has 3 nitrogen and oxygen atoms in total. The van der Waals surface area contributed by atoms with Crippen molar-refractivity contribution in [3.8, 4) is 5.75 Å². The zero-order valence-electron chi connectivity index (χ0n) is 11.0. The van der Waals surface area contributed by atoms with Crippen LogP contribution >= 0.6 is 0 Å². The normalized spacial score (nSPS) is 10.4. The van der Waals surface area contributed by atoms with Crippen LogP contribution in [0.3, 0.4) is 0 Å². The van der Waals surface area contributed by atoms with Gasteiger partial charge in [-0.15, -0.1) is 0 Å².